The first-order valence-electron chi connectivity index (χ1n) is 3.67. The van der Waals surface area contributed by atoms with E-state index in [4.69, 9.17) is 5.11 Å². The minimum absolute atomic E-state index is 0.0718. The first kappa shape index (κ1) is 7.69. The molecule has 0 bridgehead atoms. The Morgan fingerprint density at radius 1 is 1.80 bits per heavy atom. The van der Waals surface area contributed by atoms with Gasteiger partial charge in [0.2, 0.25) is 0 Å². The standard InChI is InChI=1S/C7H13NO2/c1-5(9)7(10)6-3-2-4-8-6/h5-6,8-9H,2-4H2,1H3. The van der Waals surface area contributed by atoms with Crippen molar-refractivity contribution in [3.63, 3.8) is 0 Å². The van der Waals surface area contributed by atoms with Crippen LogP contribution in [0.4, 0.5) is 0 Å². The Kier molecular flexibility index (Phi) is 2.40. The van der Waals surface area contributed by atoms with Gasteiger partial charge in [0, 0.05) is 0 Å². The number of rotatable bonds is 2. The van der Waals surface area contributed by atoms with E-state index >= 15 is 0 Å². The summed E-state index contributed by atoms with van der Waals surface area (Å²) < 4.78 is 0. The molecule has 0 radical (unpaired) electrons. The highest BCUT2D eigenvalue weighted by molar-refractivity contribution is 5.87. The first-order chi connectivity index (χ1) is 4.72. The minimum atomic E-state index is -0.810. The molecular weight excluding hydrogens is 130 g/mol. The average Bonchev–Trinajstić information content (AvgIpc) is 2.36. The zero-order valence-corrected chi connectivity index (χ0v) is 6.13. The van der Waals surface area contributed by atoms with Crippen LogP contribution in [0.15, 0.2) is 0 Å². The summed E-state index contributed by atoms with van der Waals surface area (Å²) >= 11 is 0. The largest absolute Gasteiger partial charge is 0.386 e. The number of carbonyl (C=O) groups excluding carboxylic acids is 1. The van der Waals surface area contributed by atoms with Gasteiger partial charge in [-0.2, -0.15) is 0 Å². The van der Waals surface area contributed by atoms with Gasteiger partial charge in [-0.05, 0) is 26.3 Å². The van der Waals surface area contributed by atoms with E-state index in [-0.39, 0.29) is 11.8 Å². The molecule has 1 fully saturated rings. The number of hydrogen-bond donors (Lipinski definition) is 2. The molecule has 1 saturated heterocycles. The van der Waals surface area contributed by atoms with E-state index in [2.05, 4.69) is 5.32 Å². The summed E-state index contributed by atoms with van der Waals surface area (Å²) in [5.74, 6) is -0.0718. The van der Waals surface area contributed by atoms with Crippen molar-refractivity contribution in [3.05, 3.63) is 0 Å². The quantitative estimate of drug-likeness (QED) is 0.557. The van der Waals surface area contributed by atoms with Crippen molar-refractivity contribution in [2.24, 2.45) is 0 Å². The van der Waals surface area contributed by atoms with Crippen molar-refractivity contribution in [1.29, 1.82) is 0 Å². The highest BCUT2D eigenvalue weighted by Crippen LogP contribution is 2.07. The minimum Gasteiger partial charge on any atom is -0.386 e. The molecule has 3 nitrogen and oxygen atoms in total. The lowest BCUT2D eigenvalue weighted by atomic mass is 10.1. The van der Waals surface area contributed by atoms with Crippen molar-refractivity contribution in [3.8, 4) is 0 Å². The summed E-state index contributed by atoms with van der Waals surface area (Å²) in [7, 11) is 0. The van der Waals surface area contributed by atoms with Gasteiger partial charge in [0.1, 0.15) is 6.10 Å². The fourth-order valence-electron chi connectivity index (χ4n) is 1.22. The van der Waals surface area contributed by atoms with Crippen molar-refractivity contribution < 1.29 is 9.90 Å². The number of aliphatic hydroxyl groups is 1. The second-order valence-corrected chi connectivity index (χ2v) is 2.73. The Hall–Kier alpha value is -0.410. The number of Topliss-reactive ketones (excluding diaryl/α,β-unsaturated/α-hetero) is 1. The molecule has 1 aliphatic heterocycles. The maximum Gasteiger partial charge on any atom is 0.177 e. The van der Waals surface area contributed by atoms with Gasteiger partial charge >= 0.3 is 0 Å². The molecule has 1 aliphatic rings. The van der Waals surface area contributed by atoms with Gasteiger partial charge in [-0.1, -0.05) is 0 Å². The van der Waals surface area contributed by atoms with Crippen LogP contribution in [0.2, 0.25) is 0 Å². The van der Waals surface area contributed by atoms with Crippen LogP contribution in [0, 0.1) is 0 Å². The van der Waals surface area contributed by atoms with E-state index in [1.807, 2.05) is 0 Å². The summed E-state index contributed by atoms with van der Waals surface area (Å²) in [6.07, 6.45) is 1.11. The third-order valence-electron chi connectivity index (χ3n) is 1.82. The zero-order chi connectivity index (χ0) is 7.56. The molecule has 0 amide bonds. The summed E-state index contributed by atoms with van der Waals surface area (Å²) in [6.45, 7) is 2.42. The van der Waals surface area contributed by atoms with Crippen LogP contribution < -0.4 is 5.32 Å². The third-order valence-corrected chi connectivity index (χ3v) is 1.82. The highest BCUT2D eigenvalue weighted by Gasteiger charge is 2.24. The summed E-state index contributed by atoms with van der Waals surface area (Å²) in [5, 5.41) is 11.9. The van der Waals surface area contributed by atoms with Crippen molar-refractivity contribution in [2.45, 2.75) is 31.9 Å². The summed E-state index contributed by atoms with van der Waals surface area (Å²) in [4.78, 5) is 11.0. The van der Waals surface area contributed by atoms with Gasteiger partial charge in [-0.25, -0.2) is 0 Å². The Morgan fingerprint density at radius 3 is 2.90 bits per heavy atom. The van der Waals surface area contributed by atoms with Gasteiger partial charge in [-0.3, -0.25) is 4.79 Å². The number of carbonyl (C=O) groups is 1. The molecule has 58 valence electrons. The normalized spacial score (nSPS) is 28.4. The predicted octanol–water partition coefficient (Wildman–Crippen LogP) is -0.312. The SMILES string of the molecule is CC(O)C(=O)C1CCCN1. The van der Waals surface area contributed by atoms with E-state index in [1.54, 1.807) is 0 Å². The van der Waals surface area contributed by atoms with Crippen LogP contribution in [0.25, 0.3) is 0 Å². The smallest absolute Gasteiger partial charge is 0.177 e. The van der Waals surface area contributed by atoms with E-state index in [0.717, 1.165) is 19.4 Å². The molecule has 0 aromatic heterocycles. The molecule has 2 unspecified atom stereocenters. The van der Waals surface area contributed by atoms with Crippen LogP contribution >= 0.6 is 0 Å². The van der Waals surface area contributed by atoms with Crippen LogP contribution in [-0.4, -0.2) is 29.6 Å². The number of aliphatic hydroxyl groups excluding tert-OH is 1. The zero-order valence-electron chi connectivity index (χ0n) is 6.13. The molecule has 0 aliphatic carbocycles. The fourth-order valence-corrected chi connectivity index (χ4v) is 1.22. The number of ketones is 1. The van der Waals surface area contributed by atoms with Crippen LogP contribution in [0.1, 0.15) is 19.8 Å². The first-order valence-corrected chi connectivity index (χ1v) is 3.67. The molecule has 0 spiro atoms. The maximum absolute atomic E-state index is 11.0. The molecular formula is C7H13NO2. The lowest BCUT2D eigenvalue weighted by molar-refractivity contribution is -0.128. The van der Waals surface area contributed by atoms with Gasteiger partial charge in [0.15, 0.2) is 5.78 Å². The van der Waals surface area contributed by atoms with Gasteiger partial charge in [0.25, 0.3) is 0 Å². The van der Waals surface area contributed by atoms with Crippen LogP contribution in [-0.2, 0) is 4.79 Å². The molecule has 0 saturated carbocycles. The lowest BCUT2D eigenvalue weighted by Crippen LogP contribution is -2.36. The highest BCUT2D eigenvalue weighted by atomic mass is 16.3. The van der Waals surface area contributed by atoms with Gasteiger partial charge < -0.3 is 10.4 Å². The van der Waals surface area contributed by atoms with E-state index in [9.17, 15) is 4.79 Å². The predicted molar refractivity (Wildman–Crippen MR) is 37.7 cm³/mol. The molecule has 0 aromatic rings. The van der Waals surface area contributed by atoms with E-state index in [0.29, 0.717) is 0 Å². The topological polar surface area (TPSA) is 49.3 Å². The summed E-state index contributed by atoms with van der Waals surface area (Å²) in [5.41, 5.74) is 0. The Morgan fingerprint density at radius 2 is 2.50 bits per heavy atom. The van der Waals surface area contributed by atoms with Crippen molar-refractivity contribution >= 4 is 5.78 Å². The van der Waals surface area contributed by atoms with Crippen LogP contribution in [0.5, 0.6) is 0 Å². The fraction of sp³-hybridized carbons (Fsp3) is 0.857. The average molecular weight is 143 g/mol. The Balaban J connectivity index is 2.40. The Labute approximate surface area is 60.4 Å². The second kappa shape index (κ2) is 3.12. The van der Waals surface area contributed by atoms with Gasteiger partial charge in [0.05, 0.1) is 6.04 Å². The molecule has 3 heteroatoms. The second-order valence-electron chi connectivity index (χ2n) is 2.73. The number of nitrogens with one attached hydrogen (secondary N) is 1. The number of hydrogen-bond acceptors (Lipinski definition) is 3. The Bertz CT molecular complexity index is 128. The molecule has 2 atom stereocenters. The van der Waals surface area contributed by atoms with Crippen LogP contribution in [0.3, 0.4) is 0 Å². The monoisotopic (exact) mass is 143 g/mol. The third kappa shape index (κ3) is 1.55. The van der Waals surface area contributed by atoms with Crippen molar-refractivity contribution in [2.75, 3.05) is 6.54 Å². The summed E-state index contributed by atoms with van der Waals surface area (Å²) in [6, 6.07) is -0.0833. The molecule has 10 heavy (non-hydrogen) atoms. The molecule has 2 N–H and O–H groups in total. The maximum atomic E-state index is 11.0. The molecule has 1 rings (SSSR count). The lowest BCUT2D eigenvalue weighted by Gasteiger charge is -2.09. The van der Waals surface area contributed by atoms with Crippen molar-refractivity contribution in [1.82, 2.24) is 5.32 Å². The molecule has 0 aromatic carbocycles. The van der Waals surface area contributed by atoms with E-state index < -0.39 is 6.10 Å². The van der Waals surface area contributed by atoms with E-state index in [1.165, 1.54) is 6.92 Å². The van der Waals surface area contributed by atoms with Gasteiger partial charge in [-0.15, -0.1) is 0 Å². The molecule has 1 heterocycles.